The van der Waals surface area contributed by atoms with Gasteiger partial charge in [0.05, 0.1) is 16.8 Å². The lowest BCUT2D eigenvalue weighted by atomic mass is 9.80. The molecule has 0 atom stereocenters. The van der Waals surface area contributed by atoms with Crippen molar-refractivity contribution in [3.8, 4) is 0 Å². The molecule has 2 rings (SSSR count). The Hall–Kier alpha value is -2.05. The molecular weight excluding hydrogens is 260 g/mol. The Kier molecular flexibility index (Phi) is 3.69. The predicted octanol–water partition coefficient (Wildman–Crippen LogP) is 1.45. The van der Waals surface area contributed by atoms with Crippen LogP contribution in [0.3, 0.4) is 0 Å². The molecule has 2 heterocycles. The molecule has 1 saturated heterocycles. The minimum atomic E-state index is -0.791. The van der Waals surface area contributed by atoms with Gasteiger partial charge in [-0.15, -0.1) is 0 Å². The van der Waals surface area contributed by atoms with Crippen molar-refractivity contribution < 1.29 is 14.7 Å². The second kappa shape index (κ2) is 5.15. The number of hydrogen-bond acceptors (Lipinski definition) is 3. The van der Waals surface area contributed by atoms with Crippen LogP contribution in [0.2, 0.25) is 0 Å². The first-order valence-corrected chi connectivity index (χ1v) is 6.61. The molecule has 0 spiro atoms. The van der Waals surface area contributed by atoms with E-state index in [0.717, 1.165) is 5.69 Å². The van der Waals surface area contributed by atoms with E-state index in [1.807, 2.05) is 6.92 Å². The minimum absolute atomic E-state index is 0.200. The number of nitrogens with one attached hydrogen (secondary N) is 1. The average molecular weight is 280 g/mol. The average Bonchev–Trinajstić information content (AvgIpc) is 2.68. The zero-order chi connectivity index (χ0) is 14.9. The van der Waals surface area contributed by atoms with E-state index in [1.54, 1.807) is 29.7 Å². The number of aryl methyl sites for hydroxylation is 2. The van der Waals surface area contributed by atoms with Gasteiger partial charge in [0.2, 0.25) is 0 Å². The number of carbonyl (C=O) groups is 2. The summed E-state index contributed by atoms with van der Waals surface area (Å²) in [5, 5.41) is 16.1. The summed E-state index contributed by atoms with van der Waals surface area (Å²) in [4.78, 5) is 25.0. The number of aliphatic carboxylic acids is 1. The maximum Gasteiger partial charge on any atom is 0.321 e. The molecule has 0 aliphatic carbocycles. The lowest BCUT2D eigenvalue weighted by molar-refractivity contribution is -0.150. The molecule has 110 valence electrons. The normalized spacial score (nSPS) is 17.9. The van der Waals surface area contributed by atoms with Gasteiger partial charge in [-0.1, -0.05) is 0 Å². The number of amides is 2. The van der Waals surface area contributed by atoms with E-state index in [-0.39, 0.29) is 6.03 Å². The van der Waals surface area contributed by atoms with Crippen molar-refractivity contribution in [1.29, 1.82) is 0 Å². The van der Waals surface area contributed by atoms with Crippen molar-refractivity contribution in [2.75, 3.05) is 18.4 Å². The summed E-state index contributed by atoms with van der Waals surface area (Å²) in [6, 6.07) is -0.200. The quantitative estimate of drug-likeness (QED) is 0.858. The molecular formula is C13H20N4O3. The van der Waals surface area contributed by atoms with Gasteiger partial charge in [-0.2, -0.15) is 5.10 Å². The molecule has 1 fully saturated rings. The molecule has 1 aliphatic heterocycles. The van der Waals surface area contributed by atoms with Crippen molar-refractivity contribution in [3.63, 3.8) is 0 Å². The fourth-order valence-corrected chi connectivity index (χ4v) is 2.33. The number of carboxylic acids is 1. The van der Waals surface area contributed by atoms with E-state index in [4.69, 9.17) is 5.11 Å². The lowest BCUT2D eigenvalue weighted by Gasteiger charge is -2.36. The van der Waals surface area contributed by atoms with E-state index in [0.29, 0.717) is 31.6 Å². The molecule has 1 aromatic rings. The van der Waals surface area contributed by atoms with Crippen molar-refractivity contribution in [3.05, 3.63) is 11.9 Å². The van der Waals surface area contributed by atoms with Gasteiger partial charge in [-0.3, -0.25) is 9.48 Å². The summed E-state index contributed by atoms with van der Waals surface area (Å²) in [5.74, 6) is -0.791. The van der Waals surface area contributed by atoms with E-state index < -0.39 is 11.4 Å². The molecule has 0 aromatic carbocycles. The van der Waals surface area contributed by atoms with Crippen LogP contribution < -0.4 is 5.32 Å². The van der Waals surface area contributed by atoms with Gasteiger partial charge < -0.3 is 15.3 Å². The van der Waals surface area contributed by atoms with E-state index >= 15 is 0 Å². The van der Waals surface area contributed by atoms with Crippen molar-refractivity contribution >= 4 is 17.7 Å². The molecule has 2 amide bonds. The zero-order valence-corrected chi connectivity index (χ0v) is 12.0. The van der Waals surface area contributed by atoms with Gasteiger partial charge in [-0.25, -0.2) is 4.79 Å². The van der Waals surface area contributed by atoms with E-state index in [2.05, 4.69) is 10.4 Å². The summed E-state index contributed by atoms with van der Waals surface area (Å²) in [5.41, 5.74) is 0.721. The van der Waals surface area contributed by atoms with Gasteiger partial charge in [0, 0.05) is 26.3 Å². The van der Waals surface area contributed by atoms with Gasteiger partial charge >= 0.3 is 12.0 Å². The number of hydrogen-bond donors (Lipinski definition) is 2. The SMILES string of the molecule is Cc1nn(C)cc1NC(=O)N1CCC(C)(C(=O)O)CC1. The molecule has 0 unspecified atom stereocenters. The zero-order valence-electron chi connectivity index (χ0n) is 12.0. The van der Waals surface area contributed by atoms with Crippen LogP contribution >= 0.6 is 0 Å². The number of aromatic nitrogens is 2. The molecule has 20 heavy (non-hydrogen) atoms. The number of anilines is 1. The third-order valence-electron chi connectivity index (χ3n) is 3.93. The van der Waals surface area contributed by atoms with Gasteiger partial charge in [-0.05, 0) is 26.7 Å². The third-order valence-corrected chi connectivity index (χ3v) is 3.93. The fraction of sp³-hybridized carbons (Fsp3) is 0.615. The Morgan fingerprint density at radius 1 is 1.40 bits per heavy atom. The van der Waals surface area contributed by atoms with Crippen molar-refractivity contribution in [2.45, 2.75) is 26.7 Å². The van der Waals surface area contributed by atoms with Crippen LogP contribution in [-0.2, 0) is 11.8 Å². The highest BCUT2D eigenvalue weighted by atomic mass is 16.4. The summed E-state index contributed by atoms with van der Waals surface area (Å²) in [7, 11) is 1.79. The summed E-state index contributed by atoms with van der Waals surface area (Å²) >= 11 is 0. The topological polar surface area (TPSA) is 87.5 Å². The first-order valence-electron chi connectivity index (χ1n) is 6.61. The Labute approximate surface area is 117 Å². The number of rotatable bonds is 2. The number of nitrogens with zero attached hydrogens (tertiary/aromatic N) is 3. The van der Waals surface area contributed by atoms with Crippen LogP contribution in [0.25, 0.3) is 0 Å². The maximum atomic E-state index is 12.1. The third kappa shape index (κ3) is 2.76. The van der Waals surface area contributed by atoms with Crippen LogP contribution in [0.15, 0.2) is 6.20 Å². The fourth-order valence-electron chi connectivity index (χ4n) is 2.33. The van der Waals surface area contributed by atoms with Gasteiger partial charge in [0.1, 0.15) is 0 Å². The number of piperidine rings is 1. The van der Waals surface area contributed by atoms with Crippen LogP contribution in [-0.4, -0.2) is 44.9 Å². The first-order chi connectivity index (χ1) is 9.32. The number of urea groups is 1. The second-order valence-corrected chi connectivity index (χ2v) is 5.58. The van der Waals surface area contributed by atoms with Crippen LogP contribution in [0.5, 0.6) is 0 Å². The Morgan fingerprint density at radius 3 is 2.45 bits per heavy atom. The lowest BCUT2D eigenvalue weighted by Crippen LogP contribution is -2.46. The highest BCUT2D eigenvalue weighted by Gasteiger charge is 2.38. The monoisotopic (exact) mass is 280 g/mol. The van der Waals surface area contributed by atoms with Crippen LogP contribution in [0, 0.1) is 12.3 Å². The molecule has 1 aliphatic rings. The Bertz CT molecular complexity index is 530. The first kappa shape index (κ1) is 14.4. The maximum absolute atomic E-state index is 12.1. The molecule has 7 heteroatoms. The smallest absolute Gasteiger partial charge is 0.321 e. The van der Waals surface area contributed by atoms with Gasteiger partial charge in [0.25, 0.3) is 0 Å². The van der Waals surface area contributed by atoms with E-state index in [9.17, 15) is 9.59 Å². The standard InChI is InChI=1S/C13H20N4O3/c1-9-10(8-16(3)15-9)14-12(20)17-6-4-13(2,5-7-17)11(18)19/h8H,4-7H2,1-3H3,(H,14,20)(H,18,19). The molecule has 2 N–H and O–H groups in total. The summed E-state index contributed by atoms with van der Waals surface area (Å²) in [6.45, 7) is 4.46. The molecule has 1 aromatic heterocycles. The Morgan fingerprint density at radius 2 is 2.00 bits per heavy atom. The number of carboxylic acid groups (broad SMARTS) is 1. The second-order valence-electron chi connectivity index (χ2n) is 5.58. The van der Waals surface area contributed by atoms with Crippen molar-refractivity contribution in [2.24, 2.45) is 12.5 Å². The van der Waals surface area contributed by atoms with Crippen LogP contribution in [0.1, 0.15) is 25.5 Å². The highest BCUT2D eigenvalue weighted by molar-refractivity contribution is 5.90. The largest absolute Gasteiger partial charge is 0.481 e. The minimum Gasteiger partial charge on any atom is -0.481 e. The highest BCUT2D eigenvalue weighted by Crippen LogP contribution is 2.31. The summed E-state index contributed by atoms with van der Waals surface area (Å²) < 4.78 is 1.64. The number of carbonyl (C=O) groups excluding carboxylic acids is 1. The molecule has 0 radical (unpaired) electrons. The van der Waals surface area contributed by atoms with E-state index in [1.165, 1.54) is 0 Å². The van der Waals surface area contributed by atoms with Crippen LogP contribution in [0.4, 0.5) is 10.5 Å². The molecule has 0 bridgehead atoms. The summed E-state index contributed by atoms with van der Waals surface area (Å²) in [6.07, 6.45) is 2.70. The Balaban J connectivity index is 1.96. The predicted molar refractivity (Wildman–Crippen MR) is 73.5 cm³/mol. The molecule has 0 saturated carbocycles. The molecule has 7 nitrogen and oxygen atoms in total. The van der Waals surface area contributed by atoms with Gasteiger partial charge in [0.15, 0.2) is 0 Å². The van der Waals surface area contributed by atoms with Crippen molar-refractivity contribution in [1.82, 2.24) is 14.7 Å². The number of likely N-dealkylation sites (tertiary alicyclic amines) is 1.